The highest BCUT2D eigenvalue weighted by atomic mass is 35.5. The van der Waals surface area contributed by atoms with Gasteiger partial charge in [0, 0.05) is 43.4 Å². The molecule has 152 valence electrons. The molecule has 7 heteroatoms. The summed E-state index contributed by atoms with van der Waals surface area (Å²) in [6, 6.07) is 15.7. The van der Waals surface area contributed by atoms with E-state index in [4.69, 9.17) is 11.6 Å². The zero-order valence-electron chi connectivity index (χ0n) is 16.2. The summed E-state index contributed by atoms with van der Waals surface area (Å²) in [4.78, 5) is 33.4. The summed E-state index contributed by atoms with van der Waals surface area (Å²) in [6.07, 6.45) is 7.37. The van der Waals surface area contributed by atoms with Gasteiger partial charge in [-0.15, -0.1) is 11.3 Å². The molecule has 0 radical (unpaired) electrons. The first kappa shape index (κ1) is 20.3. The van der Waals surface area contributed by atoms with Gasteiger partial charge in [0.25, 0.3) is 0 Å². The topological polar surface area (TPSA) is 53.5 Å². The molecule has 1 aliphatic rings. The van der Waals surface area contributed by atoms with E-state index in [1.165, 1.54) is 11.3 Å². The van der Waals surface area contributed by atoms with E-state index in [9.17, 15) is 9.59 Å². The second-order valence-electron chi connectivity index (χ2n) is 6.96. The molecule has 1 fully saturated rings. The van der Waals surface area contributed by atoms with Gasteiger partial charge in [0.1, 0.15) is 0 Å². The number of carbonyl (C=O) groups excluding carboxylic acids is 2. The molecule has 2 aromatic heterocycles. The van der Waals surface area contributed by atoms with Crippen molar-refractivity contribution in [1.82, 2.24) is 14.8 Å². The van der Waals surface area contributed by atoms with Crippen LogP contribution < -0.4 is 0 Å². The highest BCUT2D eigenvalue weighted by Gasteiger charge is 2.31. The Morgan fingerprint density at radius 3 is 2.43 bits per heavy atom. The Morgan fingerprint density at radius 2 is 1.73 bits per heavy atom. The van der Waals surface area contributed by atoms with Crippen LogP contribution in [0, 0.1) is 0 Å². The number of benzene rings is 1. The van der Waals surface area contributed by atoms with Crippen molar-refractivity contribution in [2.24, 2.45) is 0 Å². The van der Waals surface area contributed by atoms with Crippen molar-refractivity contribution < 1.29 is 9.59 Å². The number of pyridine rings is 1. The Hall–Kier alpha value is -2.96. The molecule has 0 unspecified atom stereocenters. The summed E-state index contributed by atoms with van der Waals surface area (Å²) < 4.78 is 0.725. The molecule has 1 saturated heterocycles. The standard InChI is InChI=1S/C23H20ClN3O2S/c24-21-10-9-20(30-21)4-2-12-26-13-14-27(23(29)22(26)28)16-17-5-7-18(8-6-17)19-3-1-11-25-15-19/h1-11,15H,12-14,16H2. The highest BCUT2D eigenvalue weighted by Crippen LogP contribution is 2.23. The fraction of sp³-hybridized carbons (Fsp3) is 0.174. The second kappa shape index (κ2) is 9.24. The number of carbonyl (C=O) groups is 2. The molecule has 0 spiro atoms. The van der Waals surface area contributed by atoms with E-state index in [1.54, 1.807) is 16.0 Å². The summed E-state index contributed by atoms with van der Waals surface area (Å²) in [5, 5.41) is 0. The van der Waals surface area contributed by atoms with Gasteiger partial charge in [0.2, 0.25) is 0 Å². The van der Waals surface area contributed by atoms with Crippen molar-refractivity contribution in [2.75, 3.05) is 19.6 Å². The lowest BCUT2D eigenvalue weighted by Gasteiger charge is -2.33. The molecule has 2 amide bonds. The van der Waals surface area contributed by atoms with Gasteiger partial charge in [-0.1, -0.05) is 48.0 Å². The average Bonchev–Trinajstić information content (AvgIpc) is 3.19. The second-order valence-corrected chi connectivity index (χ2v) is 8.71. The molecule has 3 heterocycles. The van der Waals surface area contributed by atoms with E-state index >= 15 is 0 Å². The van der Waals surface area contributed by atoms with Gasteiger partial charge in [-0.2, -0.15) is 0 Å². The SMILES string of the molecule is O=C1C(=O)N(Cc2ccc(-c3cccnc3)cc2)CCN1CC=Cc1ccc(Cl)s1. The maximum atomic E-state index is 12.6. The minimum atomic E-state index is -0.456. The van der Waals surface area contributed by atoms with Crippen molar-refractivity contribution in [3.63, 3.8) is 0 Å². The van der Waals surface area contributed by atoms with Crippen LogP contribution in [0.2, 0.25) is 4.34 Å². The Morgan fingerprint density at radius 1 is 0.967 bits per heavy atom. The number of piperazine rings is 1. The molecule has 5 nitrogen and oxygen atoms in total. The zero-order chi connectivity index (χ0) is 20.9. The highest BCUT2D eigenvalue weighted by molar-refractivity contribution is 7.16. The van der Waals surface area contributed by atoms with Crippen molar-refractivity contribution in [2.45, 2.75) is 6.54 Å². The van der Waals surface area contributed by atoms with Crippen LogP contribution in [0.5, 0.6) is 0 Å². The number of amides is 2. The normalized spacial score (nSPS) is 14.7. The molecule has 30 heavy (non-hydrogen) atoms. The van der Waals surface area contributed by atoms with E-state index < -0.39 is 11.8 Å². The Bertz CT molecular complexity index is 1060. The number of rotatable bonds is 6. The Balaban J connectivity index is 1.34. The zero-order valence-corrected chi connectivity index (χ0v) is 17.8. The molecule has 1 aromatic carbocycles. The lowest BCUT2D eigenvalue weighted by atomic mass is 10.1. The van der Waals surface area contributed by atoms with Crippen LogP contribution in [-0.4, -0.2) is 46.2 Å². The Labute approximate surface area is 184 Å². The van der Waals surface area contributed by atoms with E-state index in [1.807, 2.05) is 66.9 Å². The number of aromatic nitrogens is 1. The summed E-state index contributed by atoms with van der Waals surface area (Å²) >= 11 is 7.39. The van der Waals surface area contributed by atoms with Crippen LogP contribution in [0.15, 0.2) is 67.0 Å². The van der Waals surface area contributed by atoms with Crippen molar-refractivity contribution >= 4 is 40.8 Å². The summed E-state index contributed by atoms with van der Waals surface area (Å²) in [7, 11) is 0. The fourth-order valence-electron chi connectivity index (χ4n) is 3.31. The van der Waals surface area contributed by atoms with Crippen LogP contribution in [0.3, 0.4) is 0 Å². The molecule has 0 aliphatic carbocycles. The van der Waals surface area contributed by atoms with E-state index in [2.05, 4.69) is 4.98 Å². The van der Waals surface area contributed by atoms with Crippen molar-refractivity contribution in [1.29, 1.82) is 0 Å². The molecular weight excluding hydrogens is 418 g/mol. The molecule has 0 bridgehead atoms. The third-order valence-electron chi connectivity index (χ3n) is 4.92. The lowest BCUT2D eigenvalue weighted by Crippen LogP contribution is -2.53. The van der Waals surface area contributed by atoms with Crippen molar-refractivity contribution in [3.05, 3.63) is 81.8 Å². The predicted octanol–water partition coefficient (Wildman–Crippen LogP) is 4.35. The molecule has 1 aliphatic heterocycles. The summed E-state index contributed by atoms with van der Waals surface area (Å²) in [5.74, 6) is -0.910. The van der Waals surface area contributed by atoms with Gasteiger partial charge >= 0.3 is 11.8 Å². The van der Waals surface area contributed by atoms with Gasteiger partial charge in [-0.05, 0) is 41.0 Å². The number of halogens is 1. The molecule has 0 N–H and O–H groups in total. The van der Waals surface area contributed by atoms with Crippen LogP contribution >= 0.6 is 22.9 Å². The molecule has 0 atom stereocenters. The lowest BCUT2D eigenvalue weighted by molar-refractivity contribution is -0.156. The van der Waals surface area contributed by atoms with Crippen LogP contribution in [0.25, 0.3) is 17.2 Å². The number of thiophene rings is 1. The first-order valence-corrected chi connectivity index (χ1v) is 10.8. The van der Waals surface area contributed by atoms with Crippen molar-refractivity contribution in [3.8, 4) is 11.1 Å². The molecule has 4 rings (SSSR count). The smallest absolute Gasteiger partial charge is 0.312 e. The minimum absolute atomic E-state index is 0.410. The van der Waals surface area contributed by atoms with Crippen LogP contribution in [0.1, 0.15) is 10.4 Å². The number of hydrogen-bond donors (Lipinski definition) is 0. The van der Waals surface area contributed by atoms with E-state index in [0.29, 0.717) is 26.2 Å². The first-order chi connectivity index (χ1) is 14.6. The predicted molar refractivity (Wildman–Crippen MR) is 120 cm³/mol. The van der Waals surface area contributed by atoms with Gasteiger partial charge in [-0.3, -0.25) is 14.6 Å². The third-order valence-corrected chi connectivity index (χ3v) is 6.12. The van der Waals surface area contributed by atoms with Gasteiger partial charge in [0.05, 0.1) is 4.34 Å². The Kier molecular flexibility index (Phi) is 6.26. The monoisotopic (exact) mass is 437 g/mol. The maximum absolute atomic E-state index is 12.6. The number of hydrogen-bond acceptors (Lipinski definition) is 4. The van der Waals surface area contributed by atoms with Gasteiger partial charge in [-0.25, -0.2) is 0 Å². The summed E-state index contributed by atoms with van der Waals surface area (Å²) in [5.41, 5.74) is 3.10. The maximum Gasteiger partial charge on any atom is 0.312 e. The quantitative estimate of drug-likeness (QED) is 0.539. The van der Waals surface area contributed by atoms with Gasteiger partial charge in [0.15, 0.2) is 0 Å². The largest absolute Gasteiger partial charge is 0.329 e. The van der Waals surface area contributed by atoms with Crippen LogP contribution in [-0.2, 0) is 16.1 Å². The van der Waals surface area contributed by atoms with E-state index in [0.717, 1.165) is 25.9 Å². The third kappa shape index (κ3) is 4.78. The van der Waals surface area contributed by atoms with E-state index in [-0.39, 0.29) is 0 Å². The average molecular weight is 438 g/mol. The van der Waals surface area contributed by atoms with Crippen LogP contribution in [0.4, 0.5) is 0 Å². The molecule has 3 aromatic rings. The fourth-order valence-corrected chi connectivity index (χ4v) is 4.30. The minimum Gasteiger partial charge on any atom is -0.329 e. The van der Waals surface area contributed by atoms with Gasteiger partial charge < -0.3 is 9.80 Å². The molecular formula is C23H20ClN3O2S. The number of nitrogens with zero attached hydrogens (tertiary/aromatic N) is 3. The summed E-state index contributed by atoms with van der Waals surface area (Å²) in [6.45, 7) is 1.88. The first-order valence-electron chi connectivity index (χ1n) is 9.59. The molecule has 0 saturated carbocycles.